The van der Waals surface area contributed by atoms with Crippen molar-refractivity contribution in [3.8, 4) is 5.75 Å². The molecule has 0 heterocycles. The van der Waals surface area contributed by atoms with Crippen molar-refractivity contribution < 1.29 is 14.3 Å². The SMILES string of the molecule is C=C(C)COc1ccc(NC(=O)CNc2cccc(C(=O)NC(C)C)c2)cc1. The Hall–Kier alpha value is -3.28. The molecule has 0 aliphatic rings. The highest BCUT2D eigenvalue weighted by Crippen LogP contribution is 2.16. The molecule has 0 spiro atoms. The first-order chi connectivity index (χ1) is 13.3. The number of carbonyl (C=O) groups is 2. The zero-order chi connectivity index (χ0) is 20.5. The van der Waals surface area contributed by atoms with Crippen LogP contribution in [-0.4, -0.2) is 31.0 Å². The third-order valence-electron chi connectivity index (χ3n) is 3.62. The maximum atomic E-state index is 12.2. The Bertz CT molecular complexity index is 829. The summed E-state index contributed by atoms with van der Waals surface area (Å²) in [6.45, 7) is 10.0. The van der Waals surface area contributed by atoms with Gasteiger partial charge in [0.15, 0.2) is 0 Å². The van der Waals surface area contributed by atoms with E-state index >= 15 is 0 Å². The van der Waals surface area contributed by atoms with Gasteiger partial charge in [-0.2, -0.15) is 0 Å². The van der Waals surface area contributed by atoms with Crippen LogP contribution in [0.25, 0.3) is 0 Å². The van der Waals surface area contributed by atoms with Crippen LogP contribution in [0.15, 0.2) is 60.7 Å². The molecule has 2 aromatic rings. The standard InChI is InChI=1S/C22H27N3O3/c1-15(2)14-28-20-10-8-18(9-11-20)25-21(26)13-23-19-7-5-6-17(12-19)22(27)24-16(3)4/h5-12,16,23H,1,13-14H2,2-4H3,(H,24,27)(H,25,26). The topological polar surface area (TPSA) is 79.5 Å². The molecule has 0 radical (unpaired) electrons. The molecule has 148 valence electrons. The molecule has 0 atom stereocenters. The minimum atomic E-state index is -0.187. The number of benzene rings is 2. The van der Waals surface area contributed by atoms with Crippen LogP contribution in [0.3, 0.4) is 0 Å². The minimum absolute atomic E-state index is 0.0625. The van der Waals surface area contributed by atoms with Gasteiger partial charge in [-0.05, 0) is 68.8 Å². The monoisotopic (exact) mass is 381 g/mol. The summed E-state index contributed by atoms with van der Waals surface area (Å²) in [4.78, 5) is 24.2. The van der Waals surface area contributed by atoms with Crippen LogP contribution in [0.2, 0.25) is 0 Å². The Labute approximate surface area is 166 Å². The second-order valence-corrected chi connectivity index (χ2v) is 6.88. The van der Waals surface area contributed by atoms with Crippen molar-refractivity contribution in [2.75, 3.05) is 23.8 Å². The lowest BCUT2D eigenvalue weighted by Gasteiger charge is -2.11. The van der Waals surface area contributed by atoms with Crippen LogP contribution in [0, 0.1) is 0 Å². The van der Waals surface area contributed by atoms with Crippen molar-refractivity contribution in [1.29, 1.82) is 0 Å². The summed E-state index contributed by atoms with van der Waals surface area (Å²) in [5, 5.41) is 8.69. The fourth-order valence-electron chi connectivity index (χ4n) is 2.34. The van der Waals surface area contributed by atoms with E-state index in [0.717, 1.165) is 11.3 Å². The largest absolute Gasteiger partial charge is 0.489 e. The lowest BCUT2D eigenvalue weighted by Crippen LogP contribution is -2.30. The summed E-state index contributed by atoms with van der Waals surface area (Å²) >= 11 is 0. The second-order valence-electron chi connectivity index (χ2n) is 6.88. The van der Waals surface area contributed by atoms with Gasteiger partial charge in [0, 0.05) is 23.0 Å². The van der Waals surface area contributed by atoms with E-state index in [9.17, 15) is 9.59 Å². The number of amides is 2. The van der Waals surface area contributed by atoms with Gasteiger partial charge in [-0.1, -0.05) is 12.6 Å². The van der Waals surface area contributed by atoms with Crippen LogP contribution in [0.4, 0.5) is 11.4 Å². The molecule has 0 unspecified atom stereocenters. The Balaban J connectivity index is 1.85. The Morgan fingerprint density at radius 2 is 1.79 bits per heavy atom. The fourth-order valence-corrected chi connectivity index (χ4v) is 2.34. The molecule has 0 aliphatic heterocycles. The molecular weight excluding hydrogens is 354 g/mol. The molecule has 0 saturated carbocycles. The fraction of sp³-hybridized carbons (Fsp3) is 0.273. The number of hydrogen-bond acceptors (Lipinski definition) is 4. The van der Waals surface area contributed by atoms with Crippen LogP contribution >= 0.6 is 0 Å². The summed E-state index contributed by atoms with van der Waals surface area (Å²) in [6.07, 6.45) is 0. The quantitative estimate of drug-likeness (QED) is 0.577. The average molecular weight is 381 g/mol. The van der Waals surface area contributed by atoms with Crippen molar-refractivity contribution in [1.82, 2.24) is 5.32 Å². The van der Waals surface area contributed by atoms with Gasteiger partial charge < -0.3 is 20.7 Å². The van der Waals surface area contributed by atoms with Crippen LogP contribution in [0.1, 0.15) is 31.1 Å². The smallest absolute Gasteiger partial charge is 0.251 e. The summed E-state index contributed by atoms with van der Waals surface area (Å²) < 4.78 is 5.53. The van der Waals surface area contributed by atoms with E-state index in [1.807, 2.05) is 26.8 Å². The Kier molecular flexibility index (Phi) is 7.63. The molecule has 0 bridgehead atoms. The normalized spacial score (nSPS) is 10.3. The van der Waals surface area contributed by atoms with Gasteiger partial charge in [0.1, 0.15) is 12.4 Å². The highest BCUT2D eigenvalue weighted by Gasteiger charge is 2.08. The van der Waals surface area contributed by atoms with Gasteiger partial charge in [-0.25, -0.2) is 0 Å². The van der Waals surface area contributed by atoms with E-state index in [1.54, 1.807) is 42.5 Å². The van der Waals surface area contributed by atoms with Gasteiger partial charge in [0.25, 0.3) is 5.91 Å². The van der Waals surface area contributed by atoms with Crippen LogP contribution < -0.4 is 20.7 Å². The summed E-state index contributed by atoms with van der Waals surface area (Å²) in [5.41, 5.74) is 2.87. The van der Waals surface area contributed by atoms with E-state index in [2.05, 4.69) is 22.5 Å². The van der Waals surface area contributed by atoms with E-state index < -0.39 is 0 Å². The highest BCUT2D eigenvalue weighted by atomic mass is 16.5. The lowest BCUT2D eigenvalue weighted by atomic mass is 10.1. The third kappa shape index (κ3) is 7.15. The Morgan fingerprint density at radius 1 is 1.07 bits per heavy atom. The molecule has 0 aromatic heterocycles. The number of nitrogens with one attached hydrogen (secondary N) is 3. The zero-order valence-electron chi connectivity index (χ0n) is 16.5. The summed E-state index contributed by atoms with van der Waals surface area (Å²) in [5.74, 6) is 0.389. The number of anilines is 2. The van der Waals surface area contributed by atoms with E-state index in [4.69, 9.17) is 4.74 Å². The number of ether oxygens (including phenoxy) is 1. The summed E-state index contributed by atoms with van der Waals surface area (Å²) in [7, 11) is 0. The van der Waals surface area contributed by atoms with Gasteiger partial charge in [0.05, 0.1) is 6.54 Å². The maximum absolute atomic E-state index is 12.2. The predicted octanol–water partition coefficient (Wildman–Crippen LogP) is 3.83. The Morgan fingerprint density at radius 3 is 2.43 bits per heavy atom. The van der Waals surface area contributed by atoms with Crippen molar-refractivity contribution in [2.45, 2.75) is 26.8 Å². The number of rotatable bonds is 9. The van der Waals surface area contributed by atoms with E-state index in [0.29, 0.717) is 23.5 Å². The van der Waals surface area contributed by atoms with Crippen molar-refractivity contribution in [2.24, 2.45) is 0 Å². The average Bonchev–Trinajstić information content (AvgIpc) is 2.65. The zero-order valence-corrected chi connectivity index (χ0v) is 16.5. The highest BCUT2D eigenvalue weighted by molar-refractivity contribution is 5.96. The molecule has 6 nitrogen and oxygen atoms in total. The first kappa shape index (κ1) is 21.0. The molecule has 0 fully saturated rings. The number of hydrogen-bond donors (Lipinski definition) is 3. The van der Waals surface area contributed by atoms with Crippen LogP contribution in [-0.2, 0) is 4.79 Å². The minimum Gasteiger partial charge on any atom is -0.489 e. The molecule has 3 N–H and O–H groups in total. The van der Waals surface area contributed by atoms with Crippen molar-refractivity contribution in [3.63, 3.8) is 0 Å². The molecular formula is C22H27N3O3. The summed E-state index contributed by atoms with van der Waals surface area (Å²) in [6, 6.07) is 14.3. The molecule has 28 heavy (non-hydrogen) atoms. The molecule has 2 aromatic carbocycles. The molecule has 2 rings (SSSR count). The van der Waals surface area contributed by atoms with Crippen molar-refractivity contribution in [3.05, 3.63) is 66.2 Å². The number of carbonyl (C=O) groups excluding carboxylic acids is 2. The maximum Gasteiger partial charge on any atom is 0.251 e. The van der Waals surface area contributed by atoms with Gasteiger partial charge in [-0.15, -0.1) is 0 Å². The lowest BCUT2D eigenvalue weighted by molar-refractivity contribution is -0.114. The van der Waals surface area contributed by atoms with Crippen LogP contribution in [0.5, 0.6) is 5.75 Å². The third-order valence-corrected chi connectivity index (χ3v) is 3.62. The first-order valence-electron chi connectivity index (χ1n) is 9.15. The predicted molar refractivity (Wildman–Crippen MR) is 113 cm³/mol. The molecule has 0 aliphatic carbocycles. The second kappa shape index (κ2) is 10.2. The molecule has 0 saturated heterocycles. The molecule has 6 heteroatoms. The first-order valence-corrected chi connectivity index (χ1v) is 9.15. The van der Waals surface area contributed by atoms with Gasteiger partial charge >= 0.3 is 0 Å². The van der Waals surface area contributed by atoms with E-state index in [1.165, 1.54) is 0 Å². The van der Waals surface area contributed by atoms with E-state index in [-0.39, 0.29) is 24.4 Å². The van der Waals surface area contributed by atoms with Gasteiger partial charge in [-0.3, -0.25) is 9.59 Å². The van der Waals surface area contributed by atoms with Crippen molar-refractivity contribution >= 4 is 23.2 Å². The molecule has 2 amide bonds. The van der Waals surface area contributed by atoms with Gasteiger partial charge in [0.2, 0.25) is 5.91 Å².